The second-order valence-corrected chi connectivity index (χ2v) is 7.10. The third-order valence-corrected chi connectivity index (χ3v) is 5.77. The summed E-state index contributed by atoms with van der Waals surface area (Å²) in [5.74, 6) is 1.48. The molecule has 1 heterocycles. The molecule has 2 aromatic carbocycles. The Bertz CT molecular complexity index is 871. The standard InChI is InChI=1S/C20H16Cl2N2O/c21-17-9-8-16-14-2-1-3-15(14)19(24-20(16)18(17)22)12-4-6-13(7-5-12)25-11-10-23/h1-2,4-9,14-15,19,24H,3,11H2/t14-,15-,19-/m1/s1. The number of nitrogens with zero attached hydrogens (tertiary/aromatic N) is 1. The first-order valence-corrected chi connectivity index (χ1v) is 8.95. The summed E-state index contributed by atoms with van der Waals surface area (Å²) in [5.41, 5.74) is 3.31. The Morgan fingerprint density at radius 2 is 1.96 bits per heavy atom. The van der Waals surface area contributed by atoms with Gasteiger partial charge in [-0.1, -0.05) is 53.6 Å². The molecule has 1 aliphatic carbocycles. The number of nitrogens with one attached hydrogen (secondary N) is 1. The van der Waals surface area contributed by atoms with Crippen molar-refractivity contribution in [3.8, 4) is 11.8 Å². The zero-order valence-corrected chi connectivity index (χ0v) is 14.9. The fraction of sp³-hybridized carbons (Fsp3) is 0.250. The molecule has 2 aromatic rings. The third kappa shape index (κ3) is 2.86. The van der Waals surface area contributed by atoms with Gasteiger partial charge in [-0.15, -0.1) is 0 Å². The summed E-state index contributed by atoms with van der Waals surface area (Å²) in [4.78, 5) is 0. The molecular weight excluding hydrogens is 355 g/mol. The van der Waals surface area contributed by atoms with Gasteiger partial charge in [-0.25, -0.2) is 0 Å². The minimum absolute atomic E-state index is 0.0527. The molecule has 0 amide bonds. The largest absolute Gasteiger partial charge is 0.479 e. The Kier molecular flexibility index (Phi) is 4.33. The summed E-state index contributed by atoms with van der Waals surface area (Å²) in [6, 6.07) is 14.0. The first-order chi connectivity index (χ1) is 12.2. The first kappa shape index (κ1) is 16.3. The van der Waals surface area contributed by atoms with Gasteiger partial charge in [0.15, 0.2) is 6.61 Å². The summed E-state index contributed by atoms with van der Waals surface area (Å²) < 4.78 is 5.34. The Hall–Kier alpha value is -2.15. The molecule has 0 bridgehead atoms. The summed E-state index contributed by atoms with van der Waals surface area (Å²) in [7, 11) is 0. The third-order valence-electron chi connectivity index (χ3n) is 4.97. The zero-order chi connectivity index (χ0) is 17.4. The minimum Gasteiger partial charge on any atom is -0.479 e. The van der Waals surface area contributed by atoms with Crippen LogP contribution in [0.2, 0.25) is 10.0 Å². The van der Waals surface area contributed by atoms with E-state index in [2.05, 4.69) is 23.5 Å². The first-order valence-electron chi connectivity index (χ1n) is 8.20. The monoisotopic (exact) mass is 370 g/mol. The lowest BCUT2D eigenvalue weighted by molar-refractivity contribution is 0.367. The minimum atomic E-state index is 0.0527. The molecule has 3 atom stereocenters. The van der Waals surface area contributed by atoms with Gasteiger partial charge in [-0.2, -0.15) is 5.26 Å². The lowest BCUT2D eigenvalue weighted by Gasteiger charge is -2.38. The van der Waals surface area contributed by atoms with Gasteiger partial charge in [0.05, 0.1) is 21.8 Å². The number of fused-ring (bicyclic) bond motifs is 3. The number of benzene rings is 2. The fourth-order valence-electron chi connectivity index (χ4n) is 3.82. The van der Waals surface area contributed by atoms with Gasteiger partial charge in [0.2, 0.25) is 0 Å². The Balaban J connectivity index is 1.69. The van der Waals surface area contributed by atoms with Crippen LogP contribution in [0.25, 0.3) is 0 Å². The van der Waals surface area contributed by atoms with Crippen molar-refractivity contribution in [2.45, 2.75) is 18.4 Å². The SMILES string of the molecule is N#CCOc1ccc([C@H]2Nc3c(ccc(Cl)c3Cl)[C@@H]3C=CC[C@@H]23)cc1. The van der Waals surface area contributed by atoms with Gasteiger partial charge in [0, 0.05) is 5.92 Å². The van der Waals surface area contributed by atoms with Crippen molar-refractivity contribution in [3.05, 3.63) is 69.7 Å². The zero-order valence-electron chi connectivity index (χ0n) is 13.4. The molecule has 0 fully saturated rings. The number of halogens is 2. The molecule has 1 N–H and O–H groups in total. The van der Waals surface area contributed by atoms with Gasteiger partial charge in [0.25, 0.3) is 0 Å². The van der Waals surface area contributed by atoms with E-state index in [0.29, 0.717) is 27.6 Å². The molecule has 25 heavy (non-hydrogen) atoms. The van der Waals surface area contributed by atoms with E-state index < -0.39 is 0 Å². The lowest BCUT2D eigenvalue weighted by Crippen LogP contribution is -2.29. The van der Waals surface area contributed by atoms with E-state index >= 15 is 0 Å². The van der Waals surface area contributed by atoms with Gasteiger partial charge >= 0.3 is 0 Å². The van der Waals surface area contributed by atoms with Crippen molar-refractivity contribution in [3.63, 3.8) is 0 Å². The van der Waals surface area contributed by atoms with Crippen LogP contribution in [0.3, 0.4) is 0 Å². The fourth-order valence-corrected chi connectivity index (χ4v) is 4.20. The number of nitriles is 1. The predicted octanol–water partition coefficient (Wildman–Crippen LogP) is 5.72. The summed E-state index contributed by atoms with van der Waals surface area (Å²) in [5, 5.41) is 13.4. The van der Waals surface area contributed by atoms with Crippen molar-refractivity contribution in [1.82, 2.24) is 0 Å². The van der Waals surface area contributed by atoms with Crippen LogP contribution in [0.15, 0.2) is 48.6 Å². The molecule has 3 nitrogen and oxygen atoms in total. The Morgan fingerprint density at radius 3 is 2.72 bits per heavy atom. The molecule has 2 aliphatic rings. The van der Waals surface area contributed by atoms with Gasteiger partial charge in [-0.3, -0.25) is 0 Å². The highest BCUT2D eigenvalue weighted by atomic mass is 35.5. The quantitative estimate of drug-likeness (QED) is 0.702. The predicted molar refractivity (Wildman–Crippen MR) is 100 cm³/mol. The average molecular weight is 371 g/mol. The maximum absolute atomic E-state index is 8.61. The maximum Gasteiger partial charge on any atom is 0.174 e. The molecule has 0 radical (unpaired) electrons. The van der Waals surface area contributed by atoms with Gasteiger partial charge in [0.1, 0.15) is 11.8 Å². The average Bonchev–Trinajstić information content (AvgIpc) is 3.13. The molecule has 0 saturated carbocycles. The van der Waals surface area contributed by atoms with E-state index in [0.717, 1.165) is 12.1 Å². The van der Waals surface area contributed by atoms with E-state index in [1.807, 2.05) is 36.4 Å². The molecule has 0 spiro atoms. The van der Waals surface area contributed by atoms with Crippen molar-refractivity contribution in [2.75, 3.05) is 11.9 Å². The van der Waals surface area contributed by atoms with Gasteiger partial charge < -0.3 is 10.1 Å². The molecule has 0 unspecified atom stereocenters. The van der Waals surface area contributed by atoms with Crippen LogP contribution in [-0.4, -0.2) is 6.61 Å². The van der Waals surface area contributed by atoms with E-state index in [9.17, 15) is 0 Å². The normalized spacial score (nSPS) is 23.3. The Labute approximate surface area is 156 Å². The van der Waals surface area contributed by atoms with Crippen LogP contribution in [-0.2, 0) is 0 Å². The highest BCUT2D eigenvalue weighted by Gasteiger charge is 2.38. The number of anilines is 1. The molecular formula is C20H16Cl2N2O. The van der Waals surface area contributed by atoms with Crippen molar-refractivity contribution >= 4 is 28.9 Å². The van der Waals surface area contributed by atoms with E-state index in [-0.39, 0.29) is 12.6 Å². The highest BCUT2D eigenvalue weighted by molar-refractivity contribution is 6.43. The summed E-state index contributed by atoms with van der Waals surface area (Å²) >= 11 is 12.7. The van der Waals surface area contributed by atoms with E-state index in [1.54, 1.807) is 0 Å². The molecule has 0 saturated heterocycles. The van der Waals surface area contributed by atoms with Crippen molar-refractivity contribution in [1.29, 1.82) is 5.26 Å². The smallest absolute Gasteiger partial charge is 0.174 e. The van der Waals surface area contributed by atoms with E-state index in [1.165, 1.54) is 11.1 Å². The second-order valence-electron chi connectivity index (χ2n) is 6.32. The summed E-state index contributed by atoms with van der Waals surface area (Å²) in [6.07, 6.45) is 5.53. The Morgan fingerprint density at radius 1 is 1.16 bits per heavy atom. The van der Waals surface area contributed by atoms with Crippen LogP contribution >= 0.6 is 23.2 Å². The number of hydrogen-bond acceptors (Lipinski definition) is 3. The number of hydrogen-bond donors (Lipinski definition) is 1. The van der Waals surface area contributed by atoms with Crippen LogP contribution in [0, 0.1) is 17.2 Å². The number of ether oxygens (including phenoxy) is 1. The lowest BCUT2D eigenvalue weighted by atomic mass is 9.77. The second kappa shape index (κ2) is 6.63. The van der Waals surface area contributed by atoms with Crippen LogP contribution in [0.4, 0.5) is 5.69 Å². The summed E-state index contributed by atoms with van der Waals surface area (Å²) in [6.45, 7) is 0.0527. The van der Waals surface area contributed by atoms with Crippen LogP contribution in [0.1, 0.15) is 29.5 Å². The van der Waals surface area contributed by atoms with Gasteiger partial charge in [-0.05, 0) is 41.7 Å². The van der Waals surface area contributed by atoms with Crippen molar-refractivity contribution in [2.24, 2.45) is 5.92 Å². The van der Waals surface area contributed by atoms with Crippen molar-refractivity contribution < 1.29 is 4.74 Å². The maximum atomic E-state index is 8.61. The topological polar surface area (TPSA) is 45.0 Å². The molecule has 0 aromatic heterocycles. The van der Waals surface area contributed by atoms with Crippen LogP contribution < -0.4 is 10.1 Å². The van der Waals surface area contributed by atoms with E-state index in [4.69, 9.17) is 33.2 Å². The molecule has 5 heteroatoms. The highest BCUT2D eigenvalue weighted by Crippen LogP contribution is 2.52. The molecule has 1 aliphatic heterocycles. The number of rotatable bonds is 3. The molecule has 126 valence electrons. The van der Waals surface area contributed by atoms with Crippen LogP contribution in [0.5, 0.6) is 5.75 Å². The molecule has 4 rings (SSSR count). The number of allylic oxidation sites excluding steroid dienone is 2.